The molecule has 1 aliphatic heterocycles. The summed E-state index contributed by atoms with van der Waals surface area (Å²) in [5.74, 6) is 0.490. The van der Waals surface area contributed by atoms with Crippen LogP contribution in [0.4, 0.5) is 4.39 Å². The molecule has 2 aromatic rings. The molecule has 2 N–H and O–H groups in total. The number of nitrogens with zero attached hydrogens (tertiary/aromatic N) is 2. The summed E-state index contributed by atoms with van der Waals surface area (Å²) in [5.41, 5.74) is 0.381. The Morgan fingerprint density at radius 1 is 1.42 bits per heavy atom. The highest BCUT2D eigenvalue weighted by Gasteiger charge is 2.35. The zero-order valence-corrected chi connectivity index (χ0v) is 14.0. The number of aromatic amines is 1. The van der Waals surface area contributed by atoms with Gasteiger partial charge in [0.1, 0.15) is 17.7 Å². The first-order chi connectivity index (χ1) is 11.4. The van der Waals surface area contributed by atoms with Crippen molar-refractivity contribution in [3.63, 3.8) is 0 Å². The van der Waals surface area contributed by atoms with Crippen LogP contribution >= 0.6 is 0 Å². The lowest BCUT2D eigenvalue weighted by Crippen LogP contribution is -2.38. The van der Waals surface area contributed by atoms with Gasteiger partial charge in [-0.25, -0.2) is 22.5 Å². The van der Waals surface area contributed by atoms with Crippen LogP contribution in [0.5, 0.6) is 0 Å². The van der Waals surface area contributed by atoms with Crippen molar-refractivity contribution in [1.29, 1.82) is 0 Å². The minimum Gasteiger partial charge on any atom is -0.368 e. The van der Waals surface area contributed by atoms with E-state index in [1.807, 2.05) is 0 Å². The molecule has 1 aromatic carbocycles. The molecule has 24 heavy (non-hydrogen) atoms. The average molecular weight is 354 g/mol. The number of nitrogens with one attached hydrogen (secondary N) is 2. The molecule has 0 unspecified atom stereocenters. The largest absolute Gasteiger partial charge is 0.368 e. The predicted octanol–water partition coefficient (Wildman–Crippen LogP) is 1.24. The number of aromatic nitrogens is 3. The Bertz CT molecular complexity index is 809. The van der Waals surface area contributed by atoms with Gasteiger partial charge in [-0.2, -0.15) is 5.10 Å². The van der Waals surface area contributed by atoms with Crippen LogP contribution in [0, 0.1) is 12.7 Å². The molecule has 1 fully saturated rings. The Hall–Kier alpha value is -1.84. The van der Waals surface area contributed by atoms with Gasteiger partial charge >= 0.3 is 0 Å². The van der Waals surface area contributed by atoms with E-state index in [-0.39, 0.29) is 12.2 Å². The lowest BCUT2D eigenvalue weighted by molar-refractivity contribution is 0.0957. The second kappa shape index (κ2) is 6.96. The number of ether oxygens (including phenoxy) is 1. The molecule has 130 valence electrons. The van der Waals surface area contributed by atoms with Gasteiger partial charge in [-0.15, -0.1) is 0 Å². The molecule has 9 heteroatoms. The molecule has 0 amide bonds. The maximum absolute atomic E-state index is 13.6. The van der Waals surface area contributed by atoms with Crippen molar-refractivity contribution >= 4 is 10.0 Å². The highest BCUT2D eigenvalue weighted by Crippen LogP contribution is 2.27. The normalized spacial score (nSPS) is 21.2. The number of hydrogen-bond donors (Lipinski definition) is 2. The van der Waals surface area contributed by atoms with E-state index in [4.69, 9.17) is 4.74 Å². The van der Waals surface area contributed by atoms with Gasteiger partial charge in [-0.3, -0.25) is 5.10 Å². The molecule has 1 aliphatic rings. The van der Waals surface area contributed by atoms with E-state index in [1.54, 1.807) is 25.1 Å². The number of halogens is 1. The second-order valence-corrected chi connectivity index (χ2v) is 7.62. The van der Waals surface area contributed by atoms with Crippen LogP contribution in [0.2, 0.25) is 0 Å². The van der Waals surface area contributed by atoms with E-state index < -0.39 is 28.0 Å². The summed E-state index contributed by atoms with van der Waals surface area (Å²) in [7, 11) is -3.58. The zero-order chi connectivity index (χ0) is 17.2. The van der Waals surface area contributed by atoms with Crippen LogP contribution in [0.25, 0.3) is 0 Å². The molecule has 0 radical (unpaired) electrons. The maximum Gasteiger partial charge on any atom is 0.212 e. The van der Waals surface area contributed by atoms with Crippen molar-refractivity contribution in [3.05, 3.63) is 47.3 Å². The first kappa shape index (κ1) is 17.0. The minimum absolute atomic E-state index is 0.111. The van der Waals surface area contributed by atoms with Crippen molar-refractivity contribution in [3.8, 4) is 0 Å². The Balaban J connectivity index is 1.64. The summed E-state index contributed by atoms with van der Waals surface area (Å²) in [6.07, 6.45) is 0.134. The quantitative estimate of drug-likeness (QED) is 0.814. The molecule has 1 saturated heterocycles. The van der Waals surface area contributed by atoms with Crippen molar-refractivity contribution in [1.82, 2.24) is 19.9 Å². The summed E-state index contributed by atoms with van der Waals surface area (Å²) < 4.78 is 46.4. The van der Waals surface area contributed by atoms with Gasteiger partial charge in [-0.05, 0) is 31.4 Å². The highest BCUT2D eigenvalue weighted by atomic mass is 32.2. The van der Waals surface area contributed by atoms with E-state index in [0.717, 1.165) is 0 Å². The van der Waals surface area contributed by atoms with Crippen molar-refractivity contribution in [2.45, 2.75) is 31.9 Å². The second-order valence-electron chi connectivity index (χ2n) is 5.74. The molecular formula is C15H19FN4O3S. The van der Waals surface area contributed by atoms with Crippen LogP contribution in [0.15, 0.2) is 24.3 Å². The molecule has 0 saturated carbocycles. The topological polar surface area (TPSA) is 97.0 Å². The predicted molar refractivity (Wildman–Crippen MR) is 85.2 cm³/mol. The van der Waals surface area contributed by atoms with Crippen LogP contribution in [0.1, 0.15) is 29.7 Å². The smallest absolute Gasteiger partial charge is 0.212 e. The summed E-state index contributed by atoms with van der Waals surface area (Å²) in [5, 5.41) is 6.76. The third kappa shape index (κ3) is 3.97. The van der Waals surface area contributed by atoms with Crippen molar-refractivity contribution in [2.75, 3.05) is 12.4 Å². The molecule has 2 heterocycles. The maximum atomic E-state index is 13.6. The van der Waals surface area contributed by atoms with Crippen LogP contribution < -0.4 is 4.72 Å². The minimum atomic E-state index is -3.58. The third-order valence-electron chi connectivity index (χ3n) is 3.89. The summed E-state index contributed by atoms with van der Waals surface area (Å²) in [6.45, 7) is 2.19. The Labute approximate surface area is 139 Å². The lowest BCUT2D eigenvalue weighted by atomic mass is 10.1. The fourth-order valence-electron chi connectivity index (χ4n) is 2.69. The van der Waals surface area contributed by atoms with Crippen molar-refractivity contribution < 1.29 is 17.5 Å². The standard InChI is InChI=1S/C15H19FN4O3S/c1-10-17-15(19-18-10)14-13(6-8-23-14)20-24(21,22)9-7-11-4-2-3-5-12(11)16/h2-5,13-14,20H,6-9H2,1H3,(H,17,18,19)/t13-,14+/m0/s1. The fourth-order valence-corrected chi connectivity index (χ4v) is 4.00. The molecule has 7 nitrogen and oxygen atoms in total. The van der Waals surface area contributed by atoms with E-state index in [2.05, 4.69) is 19.9 Å². The molecule has 1 aromatic heterocycles. The number of H-pyrrole nitrogens is 1. The van der Waals surface area contributed by atoms with Gasteiger partial charge in [0.05, 0.1) is 11.8 Å². The molecule has 2 atom stereocenters. The summed E-state index contributed by atoms with van der Waals surface area (Å²) >= 11 is 0. The average Bonchev–Trinajstić information content (AvgIpc) is 3.15. The van der Waals surface area contributed by atoms with Crippen molar-refractivity contribution in [2.24, 2.45) is 0 Å². The summed E-state index contributed by atoms with van der Waals surface area (Å²) in [4.78, 5) is 4.20. The molecule has 0 spiro atoms. The Morgan fingerprint density at radius 2 is 2.21 bits per heavy atom. The van der Waals surface area contributed by atoms with Crippen LogP contribution in [-0.4, -0.2) is 42.0 Å². The molecule has 3 rings (SSSR count). The monoisotopic (exact) mass is 354 g/mol. The van der Waals surface area contributed by atoms with Gasteiger partial charge in [0.2, 0.25) is 10.0 Å². The summed E-state index contributed by atoms with van der Waals surface area (Å²) in [6, 6.07) is 5.74. The van der Waals surface area contributed by atoms with Crippen LogP contribution in [0.3, 0.4) is 0 Å². The van der Waals surface area contributed by atoms with E-state index in [1.165, 1.54) is 6.07 Å². The van der Waals surface area contributed by atoms with Gasteiger partial charge in [-0.1, -0.05) is 18.2 Å². The zero-order valence-electron chi connectivity index (χ0n) is 13.2. The first-order valence-electron chi connectivity index (χ1n) is 7.68. The fraction of sp³-hybridized carbons (Fsp3) is 0.467. The SMILES string of the molecule is Cc1nc([C@@H]2OCC[C@@H]2NS(=O)(=O)CCc2ccccc2F)n[nH]1. The number of sulfonamides is 1. The number of hydrogen-bond acceptors (Lipinski definition) is 5. The number of benzene rings is 1. The first-order valence-corrected chi connectivity index (χ1v) is 9.34. The lowest BCUT2D eigenvalue weighted by Gasteiger charge is -2.17. The highest BCUT2D eigenvalue weighted by molar-refractivity contribution is 7.89. The van der Waals surface area contributed by atoms with E-state index in [9.17, 15) is 12.8 Å². The molecule has 0 bridgehead atoms. The van der Waals surface area contributed by atoms with Gasteiger partial charge in [0, 0.05) is 6.61 Å². The van der Waals surface area contributed by atoms with Gasteiger partial charge in [0.15, 0.2) is 5.82 Å². The van der Waals surface area contributed by atoms with Gasteiger partial charge in [0.25, 0.3) is 0 Å². The Morgan fingerprint density at radius 3 is 2.92 bits per heavy atom. The van der Waals surface area contributed by atoms with E-state index in [0.29, 0.717) is 30.2 Å². The van der Waals surface area contributed by atoms with Gasteiger partial charge < -0.3 is 4.74 Å². The Kier molecular flexibility index (Phi) is 4.93. The number of rotatable bonds is 6. The number of aryl methyl sites for hydroxylation is 2. The third-order valence-corrected chi connectivity index (χ3v) is 5.29. The van der Waals surface area contributed by atoms with E-state index >= 15 is 0 Å². The molecule has 0 aliphatic carbocycles. The van der Waals surface area contributed by atoms with Crippen LogP contribution in [-0.2, 0) is 21.2 Å². The molecular weight excluding hydrogens is 335 g/mol.